The summed E-state index contributed by atoms with van der Waals surface area (Å²) in [6.07, 6.45) is 3.11. The van der Waals surface area contributed by atoms with Gasteiger partial charge in [-0.25, -0.2) is 4.68 Å². The Morgan fingerprint density at radius 1 is 1.35 bits per heavy atom. The molecule has 140 valence electrons. The number of ether oxygens (including phenoxy) is 1. The van der Waals surface area contributed by atoms with Gasteiger partial charge in [-0.1, -0.05) is 18.2 Å². The van der Waals surface area contributed by atoms with Crippen LogP contribution in [-0.4, -0.2) is 40.4 Å². The third-order valence-corrected chi connectivity index (χ3v) is 4.63. The van der Waals surface area contributed by atoms with Gasteiger partial charge in [0.15, 0.2) is 5.82 Å². The highest BCUT2D eigenvalue weighted by Gasteiger charge is 2.21. The summed E-state index contributed by atoms with van der Waals surface area (Å²) in [6, 6.07) is 7.88. The lowest BCUT2D eigenvalue weighted by Gasteiger charge is -2.19. The molecule has 7 heteroatoms. The third-order valence-electron chi connectivity index (χ3n) is 4.63. The molecule has 2 N–H and O–H groups in total. The minimum Gasteiger partial charge on any atom is -0.493 e. The summed E-state index contributed by atoms with van der Waals surface area (Å²) in [5.41, 5.74) is 1.10. The van der Waals surface area contributed by atoms with Gasteiger partial charge in [0.1, 0.15) is 5.75 Å². The number of benzene rings is 1. The number of carbonyl (C=O) groups is 1. The van der Waals surface area contributed by atoms with Crippen LogP contribution in [0, 0.1) is 6.92 Å². The van der Waals surface area contributed by atoms with E-state index in [0.29, 0.717) is 31.3 Å². The third kappa shape index (κ3) is 4.82. The van der Waals surface area contributed by atoms with Crippen LogP contribution in [0.3, 0.4) is 0 Å². The second-order valence-electron chi connectivity index (χ2n) is 6.71. The molecular weight excluding hydrogens is 330 g/mol. The molecule has 0 bridgehead atoms. The van der Waals surface area contributed by atoms with E-state index < -0.39 is 0 Å². The van der Waals surface area contributed by atoms with Gasteiger partial charge in [-0.15, -0.1) is 0 Å². The van der Waals surface area contributed by atoms with Crippen molar-refractivity contribution in [1.82, 2.24) is 20.1 Å². The quantitative estimate of drug-likeness (QED) is 0.744. The van der Waals surface area contributed by atoms with E-state index in [2.05, 4.69) is 20.7 Å². The number of hydrogen-bond donors (Lipinski definition) is 2. The summed E-state index contributed by atoms with van der Waals surface area (Å²) < 4.78 is 7.38. The number of aromatic nitrogens is 3. The first kappa shape index (κ1) is 18.4. The average Bonchev–Trinajstić information content (AvgIpc) is 3.01. The highest BCUT2D eigenvalue weighted by molar-refractivity contribution is 5.88. The maximum atomic E-state index is 12.2. The lowest BCUT2D eigenvalue weighted by molar-refractivity contribution is -0.116. The fourth-order valence-electron chi connectivity index (χ4n) is 3.09. The number of aryl methyl sites for hydroxylation is 2. The van der Waals surface area contributed by atoms with Crippen molar-refractivity contribution in [1.29, 1.82) is 0 Å². The van der Waals surface area contributed by atoms with E-state index in [1.165, 1.54) is 0 Å². The maximum Gasteiger partial charge on any atom is 0.227 e. The van der Waals surface area contributed by atoms with Crippen LogP contribution in [0.2, 0.25) is 0 Å². The number of anilines is 1. The van der Waals surface area contributed by atoms with E-state index in [-0.39, 0.29) is 5.91 Å². The van der Waals surface area contributed by atoms with Crippen molar-refractivity contribution in [3.8, 4) is 5.75 Å². The lowest BCUT2D eigenvalue weighted by Crippen LogP contribution is -2.27. The Bertz CT molecular complexity index is 737. The van der Waals surface area contributed by atoms with E-state index in [9.17, 15) is 4.79 Å². The molecule has 0 spiro atoms. The molecule has 7 nitrogen and oxygen atoms in total. The summed E-state index contributed by atoms with van der Waals surface area (Å²) in [4.78, 5) is 16.7. The van der Waals surface area contributed by atoms with Crippen LogP contribution in [0.15, 0.2) is 24.3 Å². The van der Waals surface area contributed by atoms with Crippen molar-refractivity contribution in [3.63, 3.8) is 0 Å². The Kier molecular flexibility index (Phi) is 6.22. The molecule has 0 atom stereocenters. The number of piperidine rings is 1. The fourth-order valence-corrected chi connectivity index (χ4v) is 3.09. The first-order valence-electron chi connectivity index (χ1n) is 9.23. The zero-order valence-corrected chi connectivity index (χ0v) is 15.5. The number of carbonyl (C=O) groups excluding carboxylic acids is 1. The first-order valence-corrected chi connectivity index (χ1v) is 9.23. The van der Waals surface area contributed by atoms with E-state index in [0.717, 1.165) is 43.1 Å². The summed E-state index contributed by atoms with van der Waals surface area (Å²) in [5, 5.41) is 10.7. The Balaban J connectivity index is 1.44. The zero-order valence-electron chi connectivity index (χ0n) is 15.5. The van der Waals surface area contributed by atoms with Gasteiger partial charge in [0.25, 0.3) is 0 Å². The Hall–Kier alpha value is -2.41. The number of rotatable bonds is 7. The van der Waals surface area contributed by atoms with Gasteiger partial charge in [-0.05, 0) is 50.9 Å². The van der Waals surface area contributed by atoms with Crippen LogP contribution >= 0.6 is 0 Å². The maximum absolute atomic E-state index is 12.2. The molecule has 1 saturated heterocycles. The molecule has 0 radical (unpaired) electrons. The molecule has 0 aliphatic carbocycles. The Labute approximate surface area is 154 Å². The van der Waals surface area contributed by atoms with Crippen molar-refractivity contribution in [2.45, 2.75) is 38.5 Å². The van der Waals surface area contributed by atoms with Gasteiger partial charge in [-0.3, -0.25) is 10.1 Å². The number of amides is 1. The highest BCUT2D eigenvalue weighted by atomic mass is 16.5. The fraction of sp³-hybridized carbons (Fsp3) is 0.526. The first-order chi connectivity index (χ1) is 12.6. The van der Waals surface area contributed by atoms with E-state index >= 15 is 0 Å². The molecule has 2 heterocycles. The molecule has 2 aromatic rings. The van der Waals surface area contributed by atoms with Crippen LogP contribution < -0.4 is 15.4 Å². The van der Waals surface area contributed by atoms with Gasteiger partial charge in [0.05, 0.1) is 6.61 Å². The average molecular weight is 357 g/mol. The summed E-state index contributed by atoms with van der Waals surface area (Å²) in [5.74, 6) is 2.52. The van der Waals surface area contributed by atoms with Crippen molar-refractivity contribution >= 4 is 11.9 Å². The molecule has 3 rings (SSSR count). The molecule has 0 saturated carbocycles. The van der Waals surface area contributed by atoms with Gasteiger partial charge >= 0.3 is 0 Å². The number of hydrogen-bond acceptors (Lipinski definition) is 5. The molecule has 1 aliphatic rings. The second kappa shape index (κ2) is 8.80. The second-order valence-corrected chi connectivity index (χ2v) is 6.71. The number of nitrogens with zero attached hydrogens (tertiary/aromatic N) is 3. The highest BCUT2D eigenvalue weighted by Crippen LogP contribution is 2.23. The monoisotopic (exact) mass is 357 g/mol. The molecule has 0 unspecified atom stereocenters. The smallest absolute Gasteiger partial charge is 0.227 e. The molecule has 1 amide bonds. The molecule has 1 aliphatic heterocycles. The minimum atomic E-state index is -0.0641. The van der Waals surface area contributed by atoms with Crippen molar-refractivity contribution in [2.24, 2.45) is 7.05 Å². The minimum absolute atomic E-state index is 0.0641. The Morgan fingerprint density at radius 3 is 2.88 bits per heavy atom. The number of para-hydroxylation sites is 1. The van der Waals surface area contributed by atoms with Gasteiger partial charge in [-0.2, -0.15) is 10.1 Å². The molecule has 1 fully saturated rings. The zero-order chi connectivity index (χ0) is 18.4. The number of nitrogens with one attached hydrogen (secondary N) is 2. The van der Waals surface area contributed by atoms with Crippen molar-refractivity contribution in [3.05, 3.63) is 35.7 Å². The van der Waals surface area contributed by atoms with Crippen LogP contribution in [-0.2, 0) is 11.8 Å². The van der Waals surface area contributed by atoms with Crippen LogP contribution in [0.25, 0.3) is 0 Å². The molecule has 1 aromatic heterocycles. The topological polar surface area (TPSA) is 81.1 Å². The lowest BCUT2D eigenvalue weighted by atomic mass is 9.98. The Morgan fingerprint density at radius 2 is 2.12 bits per heavy atom. The predicted molar refractivity (Wildman–Crippen MR) is 100 cm³/mol. The standard InChI is InChI=1S/C19H27N5O2/c1-14-6-3-4-7-16(14)26-13-5-8-17(25)21-19-22-18(23-24(19)2)15-9-11-20-12-10-15/h3-4,6-7,15,20H,5,8-13H2,1-2H3,(H,21,22,23,25). The van der Waals surface area contributed by atoms with E-state index in [1.54, 1.807) is 4.68 Å². The van der Waals surface area contributed by atoms with Crippen molar-refractivity contribution < 1.29 is 9.53 Å². The summed E-state index contributed by atoms with van der Waals surface area (Å²) >= 11 is 0. The van der Waals surface area contributed by atoms with E-state index in [1.807, 2.05) is 38.2 Å². The summed E-state index contributed by atoms with van der Waals surface area (Å²) in [7, 11) is 1.81. The van der Waals surface area contributed by atoms with Gasteiger partial charge in [0.2, 0.25) is 11.9 Å². The summed E-state index contributed by atoms with van der Waals surface area (Å²) in [6.45, 7) is 4.50. The van der Waals surface area contributed by atoms with Crippen LogP contribution in [0.1, 0.15) is 43.0 Å². The van der Waals surface area contributed by atoms with E-state index in [4.69, 9.17) is 4.74 Å². The van der Waals surface area contributed by atoms with Crippen LogP contribution in [0.4, 0.5) is 5.95 Å². The normalized spacial score (nSPS) is 15.0. The largest absolute Gasteiger partial charge is 0.493 e. The molecule has 1 aromatic carbocycles. The molecular formula is C19H27N5O2. The van der Waals surface area contributed by atoms with Gasteiger partial charge in [0, 0.05) is 19.4 Å². The van der Waals surface area contributed by atoms with Crippen LogP contribution in [0.5, 0.6) is 5.75 Å². The van der Waals surface area contributed by atoms with Gasteiger partial charge < -0.3 is 10.1 Å². The SMILES string of the molecule is Cc1ccccc1OCCCC(=O)Nc1nc(C2CCNCC2)nn1C. The molecule has 26 heavy (non-hydrogen) atoms. The predicted octanol–water partition coefficient (Wildman–Crippen LogP) is 2.39. The van der Waals surface area contributed by atoms with Crippen molar-refractivity contribution in [2.75, 3.05) is 25.0 Å².